The van der Waals surface area contributed by atoms with Crippen molar-refractivity contribution < 1.29 is 24.2 Å². The molecule has 1 aliphatic heterocycles. The third kappa shape index (κ3) is 7.17. The van der Waals surface area contributed by atoms with Crippen molar-refractivity contribution in [1.29, 1.82) is 5.26 Å². The van der Waals surface area contributed by atoms with Crippen LogP contribution in [0.1, 0.15) is 81.9 Å². The van der Waals surface area contributed by atoms with Crippen molar-refractivity contribution in [3.63, 3.8) is 0 Å². The molecule has 52 heavy (non-hydrogen) atoms. The highest BCUT2D eigenvalue weighted by atomic mass is 32.1. The van der Waals surface area contributed by atoms with Crippen LogP contribution in [0.4, 0.5) is 10.9 Å². The van der Waals surface area contributed by atoms with E-state index in [0.29, 0.717) is 72.6 Å². The van der Waals surface area contributed by atoms with Crippen molar-refractivity contribution in [3.05, 3.63) is 94.4 Å². The lowest BCUT2D eigenvalue weighted by Gasteiger charge is -2.34. The van der Waals surface area contributed by atoms with E-state index in [1.165, 1.54) is 11.3 Å². The number of hydrogen-bond acceptors (Lipinski definition) is 9. The normalized spacial score (nSPS) is 15.5. The fraction of sp³-hybridized carbons (Fsp3) is 0.375. The number of carbonyl (C=O) groups excluding carboxylic acids is 1. The van der Waals surface area contributed by atoms with Gasteiger partial charge in [0.05, 0.1) is 35.6 Å². The van der Waals surface area contributed by atoms with Crippen molar-refractivity contribution in [2.24, 2.45) is 0 Å². The van der Waals surface area contributed by atoms with Crippen LogP contribution in [0.5, 0.6) is 0 Å². The molecule has 7 rings (SSSR count). The molecule has 1 aliphatic carbocycles. The molecule has 1 saturated carbocycles. The van der Waals surface area contributed by atoms with Crippen LogP contribution in [0, 0.1) is 18.3 Å². The largest absolute Gasteiger partial charge is 0.476 e. The van der Waals surface area contributed by atoms with E-state index in [0.717, 1.165) is 65.6 Å². The SMILES string of the molecule is COCCOC1(Cn2c(C#N)cc(-c3ccc(N4CCc5cccc(C(=O)Nc6nc7ccccc7s6)c5C4)nc3C(=O)O)c2C)CCCCCC1. The highest BCUT2D eigenvalue weighted by Crippen LogP contribution is 2.37. The van der Waals surface area contributed by atoms with Crippen LogP contribution in [0.25, 0.3) is 21.3 Å². The number of ether oxygens (including phenoxy) is 2. The van der Waals surface area contributed by atoms with Gasteiger partial charge < -0.3 is 24.0 Å². The van der Waals surface area contributed by atoms with E-state index in [1.807, 2.05) is 64.9 Å². The Hall–Kier alpha value is -5.09. The number of anilines is 2. The molecule has 1 fully saturated rings. The van der Waals surface area contributed by atoms with Crippen molar-refractivity contribution in [2.45, 2.75) is 70.6 Å². The number of aromatic nitrogens is 3. The number of nitriles is 1. The van der Waals surface area contributed by atoms with Gasteiger partial charge in [0, 0.05) is 42.6 Å². The number of hydrogen-bond donors (Lipinski definition) is 2. The molecule has 0 unspecified atom stereocenters. The summed E-state index contributed by atoms with van der Waals surface area (Å²) in [7, 11) is 1.66. The first kappa shape index (κ1) is 35.3. The lowest BCUT2D eigenvalue weighted by atomic mass is 9.93. The number of aromatic carboxylic acids is 1. The Labute approximate surface area is 306 Å². The van der Waals surface area contributed by atoms with Crippen molar-refractivity contribution in [2.75, 3.05) is 37.1 Å². The molecule has 5 aromatic rings. The second-order valence-corrected chi connectivity index (χ2v) is 14.6. The van der Waals surface area contributed by atoms with Crippen molar-refractivity contribution in [1.82, 2.24) is 14.5 Å². The molecule has 0 saturated heterocycles. The first-order valence-corrected chi connectivity index (χ1v) is 18.6. The standard InChI is InChI=1S/C40H42N6O5S/c1-26-31(22-28(23-41)46(26)25-40(51-21-20-50-2)17-7-3-4-8-18-40)29-14-15-35(43-36(29)38(48)49)45-19-16-27-10-9-11-30(32(27)24-45)37(47)44-39-42-33-12-5-6-13-34(33)52-39/h5-6,9-15,22H,3-4,7-8,16-21,24-25H2,1-2H3,(H,48,49)(H,42,44,47). The molecule has 1 amide bonds. The summed E-state index contributed by atoms with van der Waals surface area (Å²) in [6.45, 7) is 4.39. The average Bonchev–Trinajstić information content (AvgIpc) is 3.61. The summed E-state index contributed by atoms with van der Waals surface area (Å²) in [5.41, 5.74) is 5.17. The molecule has 0 atom stereocenters. The summed E-state index contributed by atoms with van der Waals surface area (Å²) in [6, 6.07) is 21.2. The highest BCUT2D eigenvalue weighted by molar-refractivity contribution is 7.22. The zero-order valence-electron chi connectivity index (χ0n) is 29.5. The van der Waals surface area contributed by atoms with E-state index in [2.05, 4.69) is 16.4 Å². The van der Waals surface area contributed by atoms with Crippen LogP contribution in [-0.4, -0.2) is 64.0 Å². The molecule has 2 N–H and O–H groups in total. The van der Waals surface area contributed by atoms with E-state index in [9.17, 15) is 20.0 Å². The number of nitrogens with zero attached hydrogens (tertiary/aromatic N) is 5. The van der Waals surface area contributed by atoms with Gasteiger partial charge in [0.1, 0.15) is 17.6 Å². The van der Waals surface area contributed by atoms with Gasteiger partial charge in [-0.05, 0) is 73.7 Å². The lowest BCUT2D eigenvalue weighted by molar-refractivity contribution is -0.0825. The first-order chi connectivity index (χ1) is 25.3. The Morgan fingerprint density at radius 3 is 2.58 bits per heavy atom. The Morgan fingerprint density at radius 1 is 1.02 bits per heavy atom. The second-order valence-electron chi connectivity index (χ2n) is 13.6. The Bertz CT molecular complexity index is 2130. The van der Waals surface area contributed by atoms with E-state index in [1.54, 1.807) is 19.2 Å². The molecule has 3 aromatic heterocycles. The summed E-state index contributed by atoms with van der Waals surface area (Å²) in [5.74, 6) is -0.885. The number of nitrogens with one attached hydrogen (secondary N) is 1. The molecular weight excluding hydrogens is 677 g/mol. The molecule has 2 aliphatic rings. The number of thiazole rings is 1. The Balaban J connectivity index is 1.16. The number of carbonyl (C=O) groups is 2. The second kappa shape index (κ2) is 15.3. The number of fused-ring (bicyclic) bond motifs is 2. The summed E-state index contributed by atoms with van der Waals surface area (Å²) in [6.07, 6.45) is 6.84. The summed E-state index contributed by atoms with van der Waals surface area (Å²) >= 11 is 1.43. The van der Waals surface area contributed by atoms with E-state index in [-0.39, 0.29) is 11.6 Å². The fourth-order valence-electron chi connectivity index (χ4n) is 7.65. The summed E-state index contributed by atoms with van der Waals surface area (Å²) in [4.78, 5) is 37.6. The van der Waals surface area contributed by atoms with Crippen LogP contribution in [-0.2, 0) is 29.0 Å². The predicted octanol–water partition coefficient (Wildman–Crippen LogP) is 7.61. The smallest absolute Gasteiger partial charge is 0.355 e. The minimum absolute atomic E-state index is 0.0876. The van der Waals surface area contributed by atoms with E-state index >= 15 is 0 Å². The molecule has 4 heterocycles. The predicted molar refractivity (Wildman–Crippen MR) is 201 cm³/mol. The zero-order valence-corrected chi connectivity index (χ0v) is 30.3. The molecule has 0 radical (unpaired) electrons. The van der Waals surface area contributed by atoms with Gasteiger partial charge in [-0.3, -0.25) is 10.1 Å². The topological polar surface area (TPSA) is 143 Å². The molecule has 268 valence electrons. The third-order valence-electron chi connectivity index (χ3n) is 10.4. The molecule has 2 aromatic carbocycles. The number of rotatable bonds is 11. The van der Waals surface area contributed by atoms with E-state index < -0.39 is 11.6 Å². The molecular formula is C40H42N6O5S. The Kier molecular flexibility index (Phi) is 10.4. The minimum Gasteiger partial charge on any atom is -0.476 e. The summed E-state index contributed by atoms with van der Waals surface area (Å²) in [5, 5.41) is 24.2. The number of para-hydroxylation sites is 1. The van der Waals surface area contributed by atoms with Gasteiger partial charge in [-0.2, -0.15) is 5.26 Å². The highest BCUT2D eigenvalue weighted by Gasteiger charge is 2.34. The third-order valence-corrected chi connectivity index (χ3v) is 11.3. The van der Waals surface area contributed by atoms with Crippen molar-refractivity contribution in [3.8, 4) is 17.2 Å². The quantitative estimate of drug-likeness (QED) is 0.104. The maximum atomic E-state index is 13.6. The maximum absolute atomic E-state index is 13.6. The van der Waals surface area contributed by atoms with Crippen LogP contribution in [0.3, 0.4) is 0 Å². The van der Waals surface area contributed by atoms with Gasteiger partial charge in [0.25, 0.3) is 5.91 Å². The number of benzene rings is 2. The molecule has 12 heteroatoms. The molecule has 0 spiro atoms. The number of carboxylic acid groups (broad SMARTS) is 1. The first-order valence-electron chi connectivity index (χ1n) is 17.8. The number of amides is 1. The van der Waals surface area contributed by atoms with Crippen molar-refractivity contribution >= 4 is 44.4 Å². The maximum Gasteiger partial charge on any atom is 0.355 e. The lowest BCUT2D eigenvalue weighted by Crippen LogP contribution is -2.38. The number of carboxylic acids is 1. The van der Waals surface area contributed by atoms with Gasteiger partial charge in [-0.15, -0.1) is 0 Å². The van der Waals surface area contributed by atoms with Crippen LogP contribution >= 0.6 is 11.3 Å². The van der Waals surface area contributed by atoms with Gasteiger partial charge >= 0.3 is 5.97 Å². The van der Waals surface area contributed by atoms with Gasteiger partial charge in [-0.1, -0.05) is 61.3 Å². The van der Waals surface area contributed by atoms with Gasteiger partial charge in [0.15, 0.2) is 10.8 Å². The fourth-order valence-corrected chi connectivity index (χ4v) is 8.51. The van der Waals surface area contributed by atoms with Crippen LogP contribution in [0.2, 0.25) is 0 Å². The van der Waals surface area contributed by atoms with E-state index in [4.69, 9.17) is 14.5 Å². The average molecular weight is 719 g/mol. The zero-order chi connectivity index (χ0) is 36.2. The van der Waals surface area contributed by atoms with Gasteiger partial charge in [0.2, 0.25) is 0 Å². The molecule has 0 bridgehead atoms. The van der Waals surface area contributed by atoms with Gasteiger partial charge in [-0.25, -0.2) is 14.8 Å². The molecule has 11 nitrogen and oxygen atoms in total. The van der Waals surface area contributed by atoms with Crippen LogP contribution < -0.4 is 10.2 Å². The summed E-state index contributed by atoms with van der Waals surface area (Å²) < 4.78 is 14.8. The number of pyridine rings is 1. The minimum atomic E-state index is -1.15. The Morgan fingerprint density at radius 2 is 1.83 bits per heavy atom. The monoisotopic (exact) mass is 718 g/mol. The van der Waals surface area contributed by atoms with Crippen LogP contribution in [0.15, 0.2) is 60.7 Å². The number of methoxy groups -OCH3 is 1.